The van der Waals surface area contributed by atoms with Crippen LogP contribution in [0.5, 0.6) is 23.0 Å². The number of amides is 1. The van der Waals surface area contributed by atoms with Crippen LogP contribution in [-0.2, 0) is 20.9 Å². The van der Waals surface area contributed by atoms with Gasteiger partial charge in [0.1, 0.15) is 12.2 Å². The fourth-order valence-corrected chi connectivity index (χ4v) is 3.80. The molecule has 0 radical (unpaired) electrons. The normalized spacial score (nSPS) is 13.4. The number of nitrogens with zero attached hydrogens (tertiary/aromatic N) is 3. The molecule has 1 heterocycles. The molecule has 0 saturated carbocycles. The molecule has 0 bridgehead atoms. The van der Waals surface area contributed by atoms with Gasteiger partial charge in [0.15, 0.2) is 29.1 Å². The fraction of sp³-hybridized carbons (Fsp3) is 0.400. The van der Waals surface area contributed by atoms with Crippen molar-refractivity contribution in [2.24, 2.45) is 0 Å². The Labute approximate surface area is 203 Å². The third kappa shape index (κ3) is 5.91. The summed E-state index contributed by atoms with van der Waals surface area (Å²) in [5, 5.41) is 0. The van der Waals surface area contributed by atoms with Crippen molar-refractivity contribution in [3.63, 3.8) is 0 Å². The molecular weight excluding hydrogens is 454 g/mol. The molecule has 2 aromatic rings. The van der Waals surface area contributed by atoms with E-state index in [1.807, 2.05) is 0 Å². The third-order valence-electron chi connectivity index (χ3n) is 5.63. The lowest BCUT2D eigenvalue weighted by molar-refractivity contribution is -0.155. The van der Waals surface area contributed by atoms with Crippen LogP contribution >= 0.6 is 0 Å². The molecule has 10 nitrogen and oxygen atoms in total. The number of carbonyl (C=O) groups is 2. The maximum Gasteiger partial charge on any atom is 0.423 e. The highest BCUT2D eigenvalue weighted by molar-refractivity contribution is 6.41. The number of methoxy groups -OCH3 is 3. The molecule has 1 atom stereocenters. The number of rotatable bonds is 10. The Morgan fingerprint density at radius 3 is 2.31 bits per heavy atom. The van der Waals surface area contributed by atoms with E-state index in [0.29, 0.717) is 30.3 Å². The van der Waals surface area contributed by atoms with Crippen molar-refractivity contribution in [2.75, 3.05) is 34.4 Å². The number of likely N-dealkylation sites (tertiary alicyclic amines) is 1. The second-order valence-electron chi connectivity index (χ2n) is 7.84. The van der Waals surface area contributed by atoms with E-state index in [1.165, 1.54) is 27.2 Å². The Bertz CT molecular complexity index is 1120. The molecule has 10 heteroatoms. The highest BCUT2D eigenvalue weighted by Crippen LogP contribution is 2.33. The molecule has 1 fully saturated rings. The zero-order valence-electron chi connectivity index (χ0n) is 20.3. The number of para-hydroxylation sites is 1. The average molecular weight is 484 g/mol. The van der Waals surface area contributed by atoms with Crippen molar-refractivity contribution in [2.45, 2.75) is 32.5 Å². The molecule has 2 aromatic carbocycles. The number of hydrogen-bond acceptors (Lipinski definition) is 7. The first-order valence-corrected chi connectivity index (χ1v) is 11.2. The van der Waals surface area contributed by atoms with Crippen molar-refractivity contribution in [1.82, 2.24) is 4.90 Å². The highest BCUT2D eigenvalue weighted by atomic mass is 16.5. The van der Waals surface area contributed by atoms with Gasteiger partial charge in [0.05, 0.1) is 21.3 Å². The van der Waals surface area contributed by atoms with Gasteiger partial charge in [-0.05, 0) is 49.6 Å². The van der Waals surface area contributed by atoms with Gasteiger partial charge < -0.3 is 34.1 Å². The standard InChI is InChI=1S/C25H29N3O7/c1-16(24(29)28-12-5-6-13-28)35-25(30)22(27-26)18-8-7-9-20(32-3)23(18)34-15-17-10-11-19(31-2)21(14-17)33-4/h7-11,14,16H,5-6,12-13,15H2,1-4H3/t16-/m1/s1. The minimum Gasteiger partial charge on any atom is -0.493 e. The van der Waals surface area contributed by atoms with Crippen LogP contribution in [0.25, 0.3) is 5.53 Å². The lowest BCUT2D eigenvalue weighted by atomic mass is 10.1. The Hall–Kier alpha value is -4.04. The van der Waals surface area contributed by atoms with Crippen molar-refractivity contribution < 1.29 is 38.1 Å². The van der Waals surface area contributed by atoms with E-state index in [1.54, 1.807) is 42.3 Å². The molecule has 186 valence electrons. The van der Waals surface area contributed by atoms with Gasteiger partial charge >= 0.3 is 11.7 Å². The summed E-state index contributed by atoms with van der Waals surface area (Å²) in [6.07, 6.45) is 0.805. The van der Waals surface area contributed by atoms with Crippen LogP contribution in [0, 0.1) is 0 Å². The second-order valence-corrected chi connectivity index (χ2v) is 7.84. The number of esters is 1. The van der Waals surface area contributed by atoms with Gasteiger partial charge in [0.25, 0.3) is 5.91 Å². The van der Waals surface area contributed by atoms with E-state index in [-0.39, 0.29) is 23.8 Å². The SMILES string of the molecule is COc1ccc(COc2c(OC)cccc2C(=[N+]=[N-])C(=O)O[C@H](C)C(=O)N2CCCC2)cc1OC. The van der Waals surface area contributed by atoms with Crippen LogP contribution in [0.3, 0.4) is 0 Å². The Balaban J connectivity index is 1.82. The first-order valence-electron chi connectivity index (χ1n) is 11.2. The average Bonchev–Trinajstić information content (AvgIpc) is 3.42. The van der Waals surface area contributed by atoms with E-state index < -0.39 is 17.8 Å². The lowest BCUT2D eigenvalue weighted by Gasteiger charge is -2.20. The zero-order valence-corrected chi connectivity index (χ0v) is 20.3. The summed E-state index contributed by atoms with van der Waals surface area (Å²) in [6.45, 7) is 2.84. The zero-order chi connectivity index (χ0) is 25.4. The molecule has 0 aliphatic carbocycles. The van der Waals surface area contributed by atoms with Crippen LogP contribution in [0.15, 0.2) is 36.4 Å². The maximum atomic E-state index is 12.9. The molecule has 1 aliphatic heterocycles. The molecular formula is C25H29N3O7. The Morgan fingerprint density at radius 2 is 1.69 bits per heavy atom. The van der Waals surface area contributed by atoms with E-state index in [4.69, 9.17) is 23.7 Å². The minimum absolute atomic E-state index is 0.0886. The summed E-state index contributed by atoms with van der Waals surface area (Å²) in [7, 11) is 4.53. The summed E-state index contributed by atoms with van der Waals surface area (Å²) in [5.74, 6) is 0.350. The topological polar surface area (TPSA) is 120 Å². The number of ether oxygens (including phenoxy) is 5. The first-order chi connectivity index (χ1) is 16.9. The summed E-state index contributed by atoms with van der Waals surface area (Å²) in [5.41, 5.74) is 10.2. The molecule has 35 heavy (non-hydrogen) atoms. The summed E-state index contributed by atoms with van der Waals surface area (Å²) in [6, 6.07) is 10.1. The van der Waals surface area contributed by atoms with Crippen LogP contribution < -0.4 is 18.9 Å². The Morgan fingerprint density at radius 1 is 1.00 bits per heavy atom. The van der Waals surface area contributed by atoms with Crippen LogP contribution in [-0.4, -0.2) is 67.8 Å². The van der Waals surface area contributed by atoms with Gasteiger partial charge in [-0.3, -0.25) is 4.79 Å². The van der Waals surface area contributed by atoms with E-state index >= 15 is 0 Å². The van der Waals surface area contributed by atoms with E-state index in [0.717, 1.165) is 18.4 Å². The van der Waals surface area contributed by atoms with Gasteiger partial charge in [-0.1, -0.05) is 12.1 Å². The number of carbonyl (C=O) groups excluding carboxylic acids is 2. The monoisotopic (exact) mass is 483 g/mol. The summed E-state index contributed by atoms with van der Waals surface area (Å²) >= 11 is 0. The van der Waals surface area contributed by atoms with Crippen LogP contribution in [0.4, 0.5) is 0 Å². The van der Waals surface area contributed by atoms with Crippen molar-refractivity contribution in [3.05, 3.63) is 53.1 Å². The lowest BCUT2D eigenvalue weighted by Crippen LogP contribution is -2.39. The fourth-order valence-electron chi connectivity index (χ4n) is 3.80. The van der Waals surface area contributed by atoms with Crippen molar-refractivity contribution >= 4 is 17.6 Å². The van der Waals surface area contributed by atoms with Gasteiger partial charge in [0, 0.05) is 13.1 Å². The molecule has 3 rings (SSSR count). The van der Waals surface area contributed by atoms with Gasteiger partial charge in [-0.15, -0.1) is 0 Å². The largest absolute Gasteiger partial charge is 0.493 e. The summed E-state index contributed by atoms with van der Waals surface area (Å²) in [4.78, 5) is 30.2. The summed E-state index contributed by atoms with van der Waals surface area (Å²) < 4.78 is 27.3. The van der Waals surface area contributed by atoms with E-state index in [2.05, 4.69) is 4.79 Å². The molecule has 0 aromatic heterocycles. The smallest absolute Gasteiger partial charge is 0.423 e. The number of benzene rings is 2. The Kier molecular flexibility index (Phi) is 8.69. The second kappa shape index (κ2) is 11.9. The predicted octanol–water partition coefficient (Wildman–Crippen LogP) is 2.86. The van der Waals surface area contributed by atoms with Crippen LogP contribution in [0.2, 0.25) is 0 Å². The molecule has 0 N–H and O–H groups in total. The number of hydrogen-bond donors (Lipinski definition) is 0. The van der Waals surface area contributed by atoms with Crippen LogP contribution in [0.1, 0.15) is 30.9 Å². The van der Waals surface area contributed by atoms with Gasteiger partial charge in [-0.2, -0.15) is 4.79 Å². The van der Waals surface area contributed by atoms with E-state index in [9.17, 15) is 15.1 Å². The van der Waals surface area contributed by atoms with Crippen molar-refractivity contribution in [1.29, 1.82) is 0 Å². The third-order valence-corrected chi connectivity index (χ3v) is 5.63. The maximum absolute atomic E-state index is 12.9. The predicted molar refractivity (Wildman–Crippen MR) is 126 cm³/mol. The van der Waals surface area contributed by atoms with Gasteiger partial charge in [0.2, 0.25) is 0 Å². The first kappa shape index (κ1) is 25.6. The molecule has 0 unspecified atom stereocenters. The minimum atomic E-state index is -1.03. The molecule has 1 aliphatic rings. The van der Waals surface area contributed by atoms with Gasteiger partial charge in [-0.25, -0.2) is 4.79 Å². The molecule has 0 spiro atoms. The molecule has 1 saturated heterocycles. The highest BCUT2D eigenvalue weighted by Gasteiger charge is 2.34. The quantitative estimate of drug-likeness (QED) is 0.221. The van der Waals surface area contributed by atoms with Crippen molar-refractivity contribution in [3.8, 4) is 23.0 Å². The molecule has 1 amide bonds.